The molecule has 6 rings (SSSR count). The molecular formula is C40H49N5O4. The first-order valence-electron chi connectivity index (χ1n) is 18.1. The molecule has 2 aromatic carbocycles. The molecule has 9 heteroatoms. The molecule has 1 aliphatic heterocycles. The van der Waals surface area contributed by atoms with Gasteiger partial charge in [-0.05, 0) is 104 Å². The SMILES string of the molecule is CCCC(O)C(=O)N1CCC(c2ccc(NC3CCc4cccc(-c5cccc(-n6ncc(C(=O)OCC)c6CC)n5)c43)cc2CC)CC1. The molecule has 2 atom stereocenters. The summed E-state index contributed by atoms with van der Waals surface area (Å²) in [5.74, 6) is 0.589. The fraction of sp³-hybridized carbons (Fsp3) is 0.450. The topological polar surface area (TPSA) is 110 Å². The van der Waals surface area contributed by atoms with Crippen molar-refractivity contribution in [1.82, 2.24) is 19.7 Å². The first-order valence-corrected chi connectivity index (χ1v) is 18.1. The average Bonchev–Trinajstić information content (AvgIpc) is 3.76. The van der Waals surface area contributed by atoms with Crippen LogP contribution in [-0.4, -0.2) is 62.4 Å². The third kappa shape index (κ3) is 7.13. The van der Waals surface area contributed by atoms with E-state index in [0.717, 1.165) is 61.2 Å². The number of likely N-dealkylation sites (tertiary alicyclic amines) is 1. The van der Waals surface area contributed by atoms with E-state index in [1.54, 1.807) is 17.8 Å². The lowest BCUT2D eigenvalue weighted by molar-refractivity contribution is -0.141. The van der Waals surface area contributed by atoms with Gasteiger partial charge in [0.2, 0.25) is 0 Å². The third-order valence-corrected chi connectivity index (χ3v) is 10.1. The highest BCUT2D eigenvalue weighted by Gasteiger charge is 2.30. The highest BCUT2D eigenvalue weighted by atomic mass is 16.5. The second-order valence-electron chi connectivity index (χ2n) is 13.2. The minimum absolute atomic E-state index is 0.121. The molecule has 2 unspecified atom stereocenters. The van der Waals surface area contributed by atoms with Gasteiger partial charge in [-0.1, -0.05) is 57.5 Å². The Morgan fingerprint density at radius 1 is 1.00 bits per heavy atom. The smallest absolute Gasteiger partial charge is 0.341 e. The number of anilines is 1. The van der Waals surface area contributed by atoms with Crippen molar-refractivity contribution in [2.24, 2.45) is 0 Å². The molecule has 1 saturated heterocycles. The number of hydrogen-bond acceptors (Lipinski definition) is 7. The molecule has 49 heavy (non-hydrogen) atoms. The van der Waals surface area contributed by atoms with Crippen molar-refractivity contribution in [1.29, 1.82) is 0 Å². The van der Waals surface area contributed by atoms with Gasteiger partial charge in [0, 0.05) is 24.3 Å². The number of ether oxygens (including phenoxy) is 1. The van der Waals surface area contributed by atoms with Crippen LogP contribution in [0.5, 0.6) is 0 Å². The van der Waals surface area contributed by atoms with E-state index in [9.17, 15) is 14.7 Å². The van der Waals surface area contributed by atoms with Gasteiger partial charge in [-0.15, -0.1) is 0 Å². The van der Waals surface area contributed by atoms with Gasteiger partial charge in [-0.3, -0.25) is 4.79 Å². The molecule has 0 bridgehead atoms. The van der Waals surface area contributed by atoms with Gasteiger partial charge in [0.05, 0.1) is 30.2 Å². The number of nitrogens with one attached hydrogen (secondary N) is 1. The Kier molecular flexibility index (Phi) is 10.8. The molecule has 0 spiro atoms. The quantitative estimate of drug-likeness (QED) is 0.154. The molecule has 258 valence electrons. The van der Waals surface area contributed by atoms with Crippen LogP contribution < -0.4 is 5.32 Å². The number of hydrogen-bond donors (Lipinski definition) is 2. The second kappa shape index (κ2) is 15.4. The van der Waals surface area contributed by atoms with E-state index >= 15 is 0 Å². The number of nitrogens with zero attached hydrogens (tertiary/aromatic N) is 4. The van der Waals surface area contributed by atoms with E-state index in [1.165, 1.54) is 22.3 Å². The number of rotatable bonds is 12. The number of carbonyl (C=O) groups is 2. The Bertz CT molecular complexity index is 1790. The van der Waals surface area contributed by atoms with Crippen LogP contribution >= 0.6 is 0 Å². The summed E-state index contributed by atoms with van der Waals surface area (Å²) in [6.45, 7) is 9.70. The van der Waals surface area contributed by atoms with Gasteiger partial charge >= 0.3 is 5.97 Å². The predicted octanol–water partition coefficient (Wildman–Crippen LogP) is 7.20. The van der Waals surface area contributed by atoms with Gasteiger partial charge in [0.1, 0.15) is 11.7 Å². The molecular weight excluding hydrogens is 614 g/mol. The number of amides is 1. The Morgan fingerprint density at radius 3 is 2.53 bits per heavy atom. The zero-order valence-corrected chi connectivity index (χ0v) is 29.2. The molecule has 2 N–H and O–H groups in total. The van der Waals surface area contributed by atoms with Crippen LogP contribution in [0.1, 0.15) is 110 Å². The Labute approximate surface area is 289 Å². The summed E-state index contributed by atoms with van der Waals surface area (Å²) in [5, 5.41) is 18.6. The van der Waals surface area contributed by atoms with Crippen molar-refractivity contribution in [3.8, 4) is 17.1 Å². The van der Waals surface area contributed by atoms with E-state index < -0.39 is 6.10 Å². The van der Waals surface area contributed by atoms with E-state index in [1.807, 2.05) is 36.9 Å². The summed E-state index contributed by atoms with van der Waals surface area (Å²) in [6.07, 6.45) is 7.39. The maximum atomic E-state index is 12.7. The standard InChI is InChI=1S/C40H49N5O4/c1-5-11-36(46)39(47)44-22-20-27(21-23-44)30-18-17-29(24-26(30)6-2)42-34-19-16-28-12-9-13-31(38(28)34)33-14-10-15-37(43-33)45-35(7-3)32(25-41-45)40(48)49-8-4/h9-10,12-15,17-18,24-25,27,34,36,42,46H,5-8,11,16,19-23H2,1-4H3. The van der Waals surface area contributed by atoms with Crippen molar-refractivity contribution in [2.75, 3.05) is 25.0 Å². The van der Waals surface area contributed by atoms with Crippen LogP contribution in [0.2, 0.25) is 0 Å². The van der Waals surface area contributed by atoms with Gasteiger partial charge in [0.15, 0.2) is 5.82 Å². The normalized spacial score (nSPS) is 16.8. The minimum atomic E-state index is -0.879. The Hall–Kier alpha value is -4.50. The summed E-state index contributed by atoms with van der Waals surface area (Å²) >= 11 is 0. The van der Waals surface area contributed by atoms with Crippen molar-refractivity contribution < 1.29 is 19.4 Å². The van der Waals surface area contributed by atoms with E-state index in [-0.39, 0.29) is 17.9 Å². The van der Waals surface area contributed by atoms with Gasteiger partial charge in [0.25, 0.3) is 5.91 Å². The monoisotopic (exact) mass is 663 g/mol. The van der Waals surface area contributed by atoms with E-state index in [0.29, 0.717) is 49.8 Å². The van der Waals surface area contributed by atoms with Gasteiger partial charge < -0.3 is 20.1 Å². The van der Waals surface area contributed by atoms with Crippen LogP contribution in [0.3, 0.4) is 0 Å². The largest absolute Gasteiger partial charge is 0.462 e. The average molecular weight is 664 g/mol. The Balaban J connectivity index is 1.21. The van der Waals surface area contributed by atoms with E-state index in [4.69, 9.17) is 9.72 Å². The summed E-state index contributed by atoms with van der Waals surface area (Å²) in [5.41, 5.74) is 9.66. The maximum absolute atomic E-state index is 12.7. The van der Waals surface area contributed by atoms with Crippen molar-refractivity contribution in [3.63, 3.8) is 0 Å². The lowest BCUT2D eigenvalue weighted by Crippen LogP contribution is -2.43. The maximum Gasteiger partial charge on any atom is 0.341 e. The van der Waals surface area contributed by atoms with Crippen molar-refractivity contribution in [3.05, 3.63) is 94.3 Å². The summed E-state index contributed by atoms with van der Waals surface area (Å²) in [4.78, 5) is 32.1. The van der Waals surface area contributed by atoms with Crippen LogP contribution in [0.25, 0.3) is 17.1 Å². The lowest BCUT2D eigenvalue weighted by Gasteiger charge is -2.34. The number of esters is 1. The molecule has 1 aliphatic carbocycles. The highest BCUT2D eigenvalue weighted by molar-refractivity contribution is 5.90. The number of fused-ring (bicyclic) bond motifs is 1. The number of aryl methyl sites for hydroxylation is 2. The van der Waals surface area contributed by atoms with Crippen molar-refractivity contribution in [2.45, 2.75) is 97.1 Å². The number of carbonyl (C=O) groups excluding carboxylic acids is 2. The number of aliphatic hydroxyl groups is 1. The van der Waals surface area contributed by atoms with Crippen LogP contribution in [-0.2, 0) is 28.8 Å². The number of benzene rings is 2. The predicted molar refractivity (Wildman–Crippen MR) is 192 cm³/mol. The van der Waals surface area contributed by atoms with E-state index in [2.05, 4.69) is 53.7 Å². The highest BCUT2D eigenvalue weighted by Crippen LogP contribution is 2.41. The molecule has 0 saturated carbocycles. The summed E-state index contributed by atoms with van der Waals surface area (Å²) in [6, 6.07) is 19.4. The summed E-state index contributed by atoms with van der Waals surface area (Å²) < 4.78 is 7.01. The zero-order valence-electron chi connectivity index (χ0n) is 29.2. The van der Waals surface area contributed by atoms with Gasteiger partial charge in [-0.25, -0.2) is 14.5 Å². The molecule has 2 aliphatic rings. The van der Waals surface area contributed by atoms with Crippen molar-refractivity contribution >= 4 is 17.6 Å². The fourth-order valence-corrected chi connectivity index (χ4v) is 7.66. The second-order valence-corrected chi connectivity index (χ2v) is 13.2. The van der Waals surface area contributed by atoms with Crippen LogP contribution in [0.15, 0.2) is 60.8 Å². The minimum Gasteiger partial charge on any atom is -0.462 e. The molecule has 3 heterocycles. The first-order chi connectivity index (χ1) is 23.9. The number of pyridine rings is 1. The summed E-state index contributed by atoms with van der Waals surface area (Å²) in [7, 11) is 0. The molecule has 9 nitrogen and oxygen atoms in total. The first kappa shape index (κ1) is 34.4. The molecule has 0 radical (unpaired) electrons. The third-order valence-electron chi connectivity index (χ3n) is 10.1. The number of piperidine rings is 1. The molecule has 1 amide bonds. The molecule has 2 aromatic heterocycles. The lowest BCUT2D eigenvalue weighted by atomic mass is 9.85. The zero-order chi connectivity index (χ0) is 34.5. The van der Waals surface area contributed by atoms with Crippen LogP contribution in [0, 0.1) is 0 Å². The molecule has 1 fully saturated rings. The fourth-order valence-electron chi connectivity index (χ4n) is 7.66. The van der Waals surface area contributed by atoms with Crippen LogP contribution in [0.4, 0.5) is 5.69 Å². The number of aliphatic hydroxyl groups excluding tert-OH is 1. The molecule has 4 aromatic rings. The van der Waals surface area contributed by atoms with Gasteiger partial charge in [-0.2, -0.15) is 5.10 Å². The Morgan fingerprint density at radius 2 is 1.80 bits per heavy atom. The number of aromatic nitrogens is 3.